The Hall–Kier alpha value is -2.86. The van der Waals surface area contributed by atoms with Crippen LogP contribution >= 0.6 is 11.8 Å². The third-order valence-corrected chi connectivity index (χ3v) is 5.79. The number of fused-ring (bicyclic) bond motifs is 1. The standard InChI is InChI=1S/C21H20N4OS/c1-13-18(16-11-7-8-12-17(16)22-13)19(26)14(2)27-21-24-23-20(25(21)3)15-9-5-4-6-10-15/h4-12,14,22H,1-3H3/t14-/m1/s1. The lowest BCUT2D eigenvalue weighted by atomic mass is 10.1. The molecule has 6 heteroatoms. The number of aromatic nitrogens is 4. The van der Waals surface area contributed by atoms with Crippen LogP contribution in [-0.4, -0.2) is 30.8 Å². The molecule has 1 N–H and O–H groups in total. The first kappa shape index (κ1) is 17.5. The molecule has 0 radical (unpaired) electrons. The van der Waals surface area contributed by atoms with Crippen LogP contribution in [0.15, 0.2) is 59.8 Å². The molecule has 5 nitrogen and oxygen atoms in total. The predicted molar refractivity (Wildman–Crippen MR) is 109 cm³/mol. The number of rotatable bonds is 5. The van der Waals surface area contributed by atoms with Crippen molar-refractivity contribution in [3.8, 4) is 11.4 Å². The summed E-state index contributed by atoms with van der Waals surface area (Å²) in [6.07, 6.45) is 0. The average molecular weight is 376 g/mol. The number of carbonyl (C=O) groups is 1. The third kappa shape index (κ3) is 3.17. The number of aromatic amines is 1. The molecule has 0 aliphatic rings. The van der Waals surface area contributed by atoms with E-state index in [0.717, 1.165) is 38.7 Å². The minimum Gasteiger partial charge on any atom is -0.358 e. The lowest BCUT2D eigenvalue weighted by Gasteiger charge is -2.10. The topological polar surface area (TPSA) is 63.6 Å². The molecule has 2 heterocycles. The summed E-state index contributed by atoms with van der Waals surface area (Å²) in [7, 11) is 1.93. The van der Waals surface area contributed by atoms with Gasteiger partial charge < -0.3 is 9.55 Å². The van der Waals surface area contributed by atoms with Crippen molar-refractivity contribution in [2.75, 3.05) is 0 Å². The van der Waals surface area contributed by atoms with Gasteiger partial charge in [0.05, 0.1) is 5.25 Å². The van der Waals surface area contributed by atoms with E-state index >= 15 is 0 Å². The molecule has 0 aliphatic carbocycles. The van der Waals surface area contributed by atoms with Gasteiger partial charge in [0.1, 0.15) is 0 Å². The van der Waals surface area contributed by atoms with Gasteiger partial charge >= 0.3 is 0 Å². The Morgan fingerprint density at radius 3 is 2.56 bits per heavy atom. The van der Waals surface area contributed by atoms with Crippen LogP contribution in [0.1, 0.15) is 23.0 Å². The molecule has 0 bridgehead atoms. The molecule has 4 rings (SSSR count). The first-order chi connectivity index (χ1) is 13.1. The summed E-state index contributed by atoms with van der Waals surface area (Å²) >= 11 is 1.44. The van der Waals surface area contributed by atoms with Crippen molar-refractivity contribution in [3.63, 3.8) is 0 Å². The fourth-order valence-corrected chi connectivity index (χ4v) is 4.14. The number of aryl methyl sites for hydroxylation is 1. The van der Waals surface area contributed by atoms with Crippen molar-refractivity contribution in [1.29, 1.82) is 0 Å². The molecule has 0 fully saturated rings. The van der Waals surface area contributed by atoms with Gasteiger partial charge in [-0.2, -0.15) is 0 Å². The summed E-state index contributed by atoms with van der Waals surface area (Å²) in [6.45, 7) is 3.87. The van der Waals surface area contributed by atoms with Crippen LogP contribution < -0.4 is 0 Å². The van der Waals surface area contributed by atoms with E-state index in [4.69, 9.17) is 0 Å². The van der Waals surface area contributed by atoms with Gasteiger partial charge in [-0.1, -0.05) is 60.3 Å². The van der Waals surface area contributed by atoms with Crippen LogP contribution in [0.4, 0.5) is 0 Å². The van der Waals surface area contributed by atoms with Crippen molar-refractivity contribution in [2.24, 2.45) is 7.05 Å². The van der Waals surface area contributed by atoms with E-state index < -0.39 is 0 Å². The molecule has 4 aromatic rings. The molecule has 136 valence electrons. The highest BCUT2D eigenvalue weighted by Crippen LogP contribution is 2.30. The lowest BCUT2D eigenvalue weighted by Crippen LogP contribution is -2.15. The second-order valence-electron chi connectivity index (χ2n) is 6.53. The molecule has 0 saturated carbocycles. The van der Waals surface area contributed by atoms with Gasteiger partial charge in [-0.15, -0.1) is 10.2 Å². The Kier molecular flexibility index (Phi) is 4.58. The average Bonchev–Trinajstić information content (AvgIpc) is 3.21. The van der Waals surface area contributed by atoms with Crippen molar-refractivity contribution < 1.29 is 4.79 Å². The second-order valence-corrected chi connectivity index (χ2v) is 7.83. The Labute approximate surface area is 161 Å². The van der Waals surface area contributed by atoms with Gasteiger partial charge in [0.25, 0.3) is 0 Å². The summed E-state index contributed by atoms with van der Waals surface area (Å²) in [5.41, 5.74) is 3.65. The first-order valence-electron chi connectivity index (χ1n) is 8.79. The second kappa shape index (κ2) is 7.04. The zero-order valence-electron chi connectivity index (χ0n) is 15.4. The molecule has 27 heavy (non-hydrogen) atoms. The molecule has 0 amide bonds. The van der Waals surface area contributed by atoms with Crippen molar-refractivity contribution >= 4 is 28.4 Å². The first-order valence-corrected chi connectivity index (χ1v) is 9.67. The lowest BCUT2D eigenvalue weighted by molar-refractivity contribution is 0.0995. The van der Waals surface area contributed by atoms with E-state index in [9.17, 15) is 4.79 Å². The van der Waals surface area contributed by atoms with Gasteiger partial charge in [0, 0.05) is 34.8 Å². The number of para-hydroxylation sites is 1. The zero-order valence-corrected chi connectivity index (χ0v) is 16.2. The van der Waals surface area contributed by atoms with Crippen molar-refractivity contribution in [1.82, 2.24) is 19.7 Å². The molecule has 0 unspecified atom stereocenters. The number of nitrogens with one attached hydrogen (secondary N) is 1. The number of H-pyrrole nitrogens is 1. The monoisotopic (exact) mass is 376 g/mol. The maximum atomic E-state index is 13.1. The van der Waals surface area contributed by atoms with Crippen LogP contribution in [0.3, 0.4) is 0 Å². The zero-order chi connectivity index (χ0) is 19.0. The van der Waals surface area contributed by atoms with Gasteiger partial charge in [0.2, 0.25) is 0 Å². The number of Topliss-reactive ketones (excluding diaryl/α,β-unsaturated/α-hetero) is 1. The molecular weight excluding hydrogens is 356 g/mol. The predicted octanol–water partition coefficient (Wildman–Crippen LogP) is 4.64. The van der Waals surface area contributed by atoms with Crippen LogP contribution in [0.25, 0.3) is 22.3 Å². The highest BCUT2D eigenvalue weighted by Gasteiger charge is 2.24. The fourth-order valence-electron chi connectivity index (χ4n) is 3.27. The largest absolute Gasteiger partial charge is 0.358 e. The van der Waals surface area contributed by atoms with E-state index in [1.165, 1.54) is 11.8 Å². The van der Waals surface area contributed by atoms with E-state index in [1.807, 2.05) is 80.1 Å². The quantitative estimate of drug-likeness (QED) is 0.407. The molecule has 0 aliphatic heterocycles. The molecular formula is C21H20N4OS. The van der Waals surface area contributed by atoms with Crippen LogP contribution in [-0.2, 0) is 7.05 Å². The summed E-state index contributed by atoms with van der Waals surface area (Å²) in [5.74, 6) is 0.889. The number of carbonyl (C=O) groups excluding carboxylic acids is 1. The maximum Gasteiger partial charge on any atom is 0.191 e. The van der Waals surface area contributed by atoms with Gasteiger partial charge in [-0.05, 0) is 19.9 Å². The minimum atomic E-state index is -0.269. The van der Waals surface area contributed by atoms with Gasteiger partial charge in [-0.25, -0.2) is 0 Å². The third-order valence-electron chi connectivity index (χ3n) is 4.66. The highest BCUT2D eigenvalue weighted by molar-refractivity contribution is 8.00. The number of hydrogen-bond acceptors (Lipinski definition) is 4. The summed E-state index contributed by atoms with van der Waals surface area (Å²) in [4.78, 5) is 16.4. The van der Waals surface area contributed by atoms with Crippen LogP contribution in [0, 0.1) is 6.92 Å². The molecule has 0 saturated heterocycles. The smallest absolute Gasteiger partial charge is 0.191 e. The number of nitrogens with zero attached hydrogens (tertiary/aromatic N) is 3. The van der Waals surface area contributed by atoms with E-state index in [-0.39, 0.29) is 11.0 Å². The summed E-state index contributed by atoms with van der Waals surface area (Å²) in [6, 6.07) is 17.8. The van der Waals surface area contributed by atoms with E-state index in [0.29, 0.717) is 0 Å². The number of thioether (sulfide) groups is 1. The Morgan fingerprint density at radius 1 is 1.07 bits per heavy atom. The van der Waals surface area contributed by atoms with Crippen molar-refractivity contribution in [3.05, 3.63) is 65.9 Å². The van der Waals surface area contributed by atoms with E-state index in [2.05, 4.69) is 15.2 Å². The van der Waals surface area contributed by atoms with Gasteiger partial charge in [0.15, 0.2) is 16.8 Å². The van der Waals surface area contributed by atoms with Crippen LogP contribution in [0.2, 0.25) is 0 Å². The maximum absolute atomic E-state index is 13.1. The normalized spacial score (nSPS) is 12.4. The Bertz CT molecular complexity index is 1110. The number of hydrogen-bond donors (Lipinski definition) is 1. The Morgan fingerprint density at radius 2 is 1.78 bits per heavy atom. The van der Waals surface area contributed by atoms with Gasteiger partial charge in [-0.3, -0.25) is 4.79 Å². The number of ketones is 1. The Balaban J connectivity index is 1.61. The summed E-state index contributed by atoms with van der Waals surface area (Å²) in [5, 5.41) is 10.0. The summed E-state index contributed by atoms with van der Waals surface area (Å²) < 4.78 is 1.94. The van der Waals surface area contributed by atoms with E-state index in [1.54, 1.807) is 0 Å². The highest BCUT2D eigenvalue weighted by atomic mass is 32.2. The molecule has 1 atom stereocenters. The molecule has 2 aromatic heterocycles. The minimum absolute atomic E-state index is 0.0965. The van der Waals surface area contributed by atoms with Crippen LogP contribution in [0.5, 0.6) is 0 Å². The molecule has 0 spiro atoms. The number of benzene rings is 2. The fraction of sp³-hybridized carbons (Fsp3) is 0.190. The SMILES string of the molecule is Cc1[nH]c2ccccc2c1C(=O)[C@@H](C)Sc1nnc(-c2ccccc2)n1C. The molecule has 2 aromatic carbocycles. The van der Waals surface area contributed by atoms with Crippen molar-refractivity contribution in [2.45, 2.75) is 24.3 Å².